The Morgan fingerprint density at radius 3 is 2.46 bits per heavy atom. The number of rotatable bonds is 7. The third kappa shape index (κ3) is 5.06. The number of hydrogen-bond donors (Lipinski definition) is 1. The molecule has 7 heteroatoms. The Morgan fingerprint density at radius 1 is 1.25 bits per heavy atom. The van der Waals surface area contributed by atoms with Crippen molar-refractivity contribution in [2.45, 2.75) is 26.7 Å². The summed E-state index contributed by atoms with van der Waals surface area (Å²) in [4.78, 5) is 25.5. The molecule has 0 unspecified atom stereocenters. The van der Waals surface area contributed by atoms with Gasteiger partial charge in [0, 0.05) is 30.8 Å². The van der Waals surface area contributed by atoms with Gasteiger partial charge in [0.1, 0.15) is 0 Å². The van der Waals surface area contributed by atoms with Gasteiger partial charge in [-0.05, 0) is 36.6 Å². The maximum absolute atomic E-state index is 12.1. The summed E-state index contributed by atoms with van der Waals surface area (Å²) in [6.45, 7) is 4.50. The minimum absolute atomic E-state index is 0.0583. The third-order valence-corrected chi connectivity index (χ3v) is 5.80. The van der Waals surface area contributed by atoms with E-state index in [9.17, 15) is 18.0 Å². The van der Waals surface area contributed by atoms with E-state index < -0.39 is 9.84 Å². The van der Waals surface area contributed by atoms with Crippen LogP contribution in [0.1, 0.15) is 37.0 Å². The molecular formula is C17H24N2O4S. The van der Waals surface area contributed by atoms with Gasteiger partial charge in [-0.25, -0.2) is 8.42 Å². The lowest BCUT2D eigenvalue weighted by Gasteiger charge is -2.15. The molecule has 1 aliphatic rings. The number of anilines is 1. The van der Waals surface area contributed by atoms with E-state index >= 15 is 0 Å². The van der Waals surface area contributed by atoms with Crippen LogP contribution in [0.4, 0.5) is 5.69 Å². The minimum Gasteiger partial charge on any atom is -0.351 e. The van der Waals surface area contributed by atoms with Gasteiger partial charge in [-0.15, -0.1) is 0 Å². The van der Waals surface area contributed by atoms with E-state index in [0.29, 0.717) is 18.5 Å². The van der Waals surface area contributed by atoms with Gasteiger partial charge in [0.2, 0.25) is 5.91 Å². The highest BCUT2D eigenvalue weighted by Gasteiger charge is 2.21. The summed E-state index contributed by atoms with van der Waals surface area (Å²) in [5, 5.41) is 2.63. The molecule has 2 rings (SSSR count). The molecule has 6 nitrogen and oxygen atoms in total. The molecular weight excluding hydrogens is 328 g/mol. The lowest BCUT2D eigenvalue weighted by Crippen LogP contribution is -2.30. The van der Waals surface area contributed by atoms with Gasteiger partial charge in [-0.2, -0.15) is 0 Å². The highest BCUT2D eigenvalue weighted by atomic mass is 32.2. The van der Waals surface area contributed by atoms with Crippen LogP contribution in [0.3, 0.4) is 0 Å². The largest absolute Gasteiger partial charge is 0.351 e. The molecule has 1 aromatic rings. The molecule has 0 atom stereocenters. The van der Waals surface area contributed by atoms with Crippen LogP contribution >= 0.6 is 0 Å². The number of benzene rings is 1. The average Bonchev–Trinajstić information content (AvgIpc) is 2.92. The predicted octanol–water partition coefficient (Wildman–Crippen LogP) is 1.61. The summed E-state index contributed by atoms with van der Waals surface area (Å²) in [5.41, 5.74) is 1.24. The smallest absolute Gasteiger partial charge is 0.251 e. The van der Waals surface area contributed by atoms with Gasteiger partial charge in [0.05, 0.1) is 11.5 Å². The molecule has 0 saturated carbocycles. The zero-order valence-corrected chi connectivity index (χ0v) is 14.9. The second-order valence-corrected chi connectivity index (χ2v) is 8.69. The number of amides is 2. The van der Waals surface area contributed by atoms with Gasteiger partial charge in [0.15, 0.2) is 9.84 Å². The third-order valence-electron chi connectivity index (χ3n) is 3.80. The van der Waals surface area contributed by atoms with E-state index in [4.69, 9.17) is 0 Å². The molecule has 0 spiro atoms. The first-order valence-corrected chi connectivity index (χ1v) is 10.00. The maximum Gasteiger partial charge on any atom is 0.251 e. The molecule has 1 heterocycles. The van der Waals surface area contributed by atoms with Crippen LogP contribution in [-0.4, -0.2) is 44.8 Å². The Kier molecular flexibility index (Phi) is 5.99. The number of sulfone groups is 1. The summed E-state index contributed by atoms with van der Waals surface area (Å²) in [6.07, 6.45) is 1.42. The number of carbonyl (C=O) groups excluding carboxylic acids is 2. The van der Waals surface area contributed by atoms with Gasteiger partial charge < -0.3 is 10.2 Å². The molecule has 1 fully saturated rings. The number of nitrogens with one attached hydrogen (secondary N) is 1. The molecule has 1 aromatic carbocycles. The van der Waals surface area contributed by atoms with E-state index in [1.165, 1.54) is 0 Å². The number of hydrogen-bond acceptors (Lipinski definition) is 4. The maximum atomic E-state index is 12.1. The first-order valence-electron chi connectivity index (χ1n) is 8.17. The highest BCUT2D eigenvalue weighted by molar-refractivity contribution is 7.91. The van der Waals surface area contributed by atoms with Crippen LogP contribution in [0.15, 0.2) is 24.3 Å². The van der Waals surface area contributed by atoms with Crippen molar-refractivity contribution in [2.24, 2.45) is 5.92 Å². The Hall–Kier alpha value is -1.89. The van der Waals surface area contributed by atoms with Crippen molar-refractivity contribution < 1.29 is 18.0 Å². The van der Waals surface area contributed by atoms with Crippen molar-refractivity contribution in [3.05, 3.63) is 29.8 Å². The van der Waals surface area contributed by atoms with Crippen molar-refractivity contribution >= 4 is 27.3 Å². The van der Waals surface area contributed by atoms with E-state index in [0.717, 1.165) is 12.1 Å². The average molecular weight is 352 g/mol. The second-order valence-electron chi connectivity index (χ2n) is 6.46. The summed E-state index contributed by atoms with van der Waals surface area (Å²) >= 11 is 0. The summed E-state index contributed by atoms with van der Waals surface area (Å²) in [7, 11) is -3.14. The Labute approximate surface area is 143 Å². The monoisotopic (exact) mass is 352 g/mol. The SMILES string of the molecule is CC(C)CS(=O)(=O)CCNC(=O)c1ccc(N2CCCC2=O)cc1. The lowest BCUT2D eigenvalue weighted by atomic mass is 10.2. The normalized spacial score (nSPS) is 15.1. The number of nitrogens with zero attached hydrogens (tertiary/aromatic N) is 1. The topological polar surface area (TPSA) is 83.6 Å². The number of carbonyl (C=O) groups is 2. The highest BCUT2D eigenvalue weighted by Crippen LogP contribution is 2.21. The Bertz CT molecular complexity index is 696. The van der Waals surface area contributed by atoms with Gasteiger partial charge >= 0.3 is 0 Å². The molecule has 2 amide bonds. The quantitative estimate of drug-likeness (QED) is 0.808. The van der Waals surface area contributed by atoms with Gasteiger partial charge in [-0.3, -0.25) is 9.59 Å². The molecule has 1 aliphatic heterocycles. The molecule has 1 N–H and O–H groups in total. The van der Waals surface area contributed by atoms with E-state index in [1.807, 2.05) is 13.8 Å². The summed E-state index contributed by atoms with van der Waals surface area (Å²) < 4.78 is 23.6. The molecule has 132 valence electrons. The van der Waals surface area contributed by atoms with Crippen LogP contribution < -0.4 is 10.2 Å². The van der Waals surface area contributed by atoms with Crippen molar-refractivity contribution in [3.8, 4) is 0 Å². The standard InChI is InChI=1S/C17H24N2O4S/c1-13(2)12-24(22,23)11-9-18-17(21)14-5-7-15(8-6-14)19-10-3-4-16(19)20/h5-8,13H,3-4,9-12H2,1-2H3,(H,18,21). The van der Waals surface area contributed by atoms with Crippen molar-refractivity contribution in [3.63, 3.8) is 0 Å². The first kappa shape index (κ1) is 18.4. The zero-order chi connectivity index (χ0) is 17.7. The molecule has 0 bridgehead atoms. The fraction of sp³-hybridized carbons (Fsp3) is 0.529. The summed E-state index contributed by atoms with van der Waals surface area (Å²) in [5.74, 6) is -0.0678. The van der Waals surface area contributed by atoms with Crippen molar-refractivity contribution in [1.29, 1.82) is 0 Å². The van der Waals surface area contributed by atoms with E-state index in [2.05, 4.69) is 5.32 Å². The fourth-order valence-electron chi connectivity index (χ4n) is 2.73. The van der Waals surface area contributed by atoms with Crippen LogP contribution in [-0.2, 0) is 14.6 Å². The lowest BCUT2D eigenvalue weighted by molar-refractivity contribution is -0.117. The molecule has 0 radical (unpaired) electrons. The van der Waals surface area contributed by atoms with Gasteiger partial charge in [-0.1, -0.05) is 13.8 Å². The fourth-order valence-corrected chi connectivity index (χ4v) is 4.32. The van der Waals surface area contributed by atoms with Crippen molar-refractivity contribution in [2.75, 3.05) is 29.5 Å². The van der Waals surface area contributed by atoms with Crippen LogP contribution in [0.5, 0.6) is 0 Å². The van der Waals surface area contributed by atoms with Crippen molar-refractivity contribution in [1.82, 2.24) is 5.32 Å². The second kappa shape index (κ2) is 7.79. The Balaban J connectivity index is 1.88. The molecule has 1 saturated heterocycles. The molecule has 0 aliphatic carbocycles. The van der Waals surface area contributed by atoms with Crippen LogP contribution in [0, 0.1) is 5.92 Å². The predicted molar refractivity (Wildman–Crippen MR) is 93.9 cm³/mol. The van der Waals surface area contributed by atoms with E-state index in [-0.39, 0.29) is 35.8 Å². The molecule has 0 aromatic heterocycles. The summed E-state index contributed by atoms with van der Waals surface area (Å²) in [6, 6.07) is 6.79. The van der Waals surface area contributed by atoms with E-state index in [1.54, 1.807) is 29.2 Å². The zero-order valence-electron chi connectivity index (χ0n) is 14.1. The Morgan fingerprint density at radius 2 is 1.92 bits per heavy atom. The minimum atomic E-state index is -3.14. The van der Waals surface area contributed by atoms with Crippen LogP contribution in [0.2, 0.25) is 0 Å². The van der Waals surface area contributed by atoms with Gasteiger partial charge in [0.25, 0.3) is 5.91 Å². The first-order chi connectivity index (χ1) is 11.3. The molecule has 24 heavy (non-hydrogen) atoms. The van der Waals surface area contributed by atoms with Crippen LogP contribution in [0.25, 0.3) is 0 Å².